The van der Waals surface area contributed by atoms with Crippen molar-refractivity contribution >= 4 is 32.6 Å². The van der Waals surface area contributed by atoms with Gasteiger partial charge in [0.05, 0.1) is 16.8 Å². The van der Waals surface area contributed by atoms with Crippen molar-refractivity contribution in [2.45, 2.75) is 40.5 Å². The number of hydrogen-bond acceptors (Lipinski definition) is 5. The van der Waals surface area contributed by atoms with Crippen LogP contribution < -0.4 is 9.64 Å². The molecule has 166 valence electrons. The number of fused-ring (bicyclic) bond motifs is 1. The van der Waals surface area contributed by atoms with Crippen molar-refractivity contribution in [3.63, 3.8) is 0 Å². The predicted octanol–water partition coefficient (Wildman–Crippen LogP) is 5.77. The van der Waals surface area contributed by atoms with E-state index < -0.39 is 0 Å². The smallest absolute Gasteiger partial charge is 0.260 e. The largest absolute Gasteiger partial charge is 0.494 e. The third-order valence-corrected chi connectivity index (χ3v) is 6.43. The molecule has 0 aliphatic carbocycles. The van der Waals surface area contributed by atoms with E-state index in [9.17, 15) is 4.79 Å². The first-order valence-corrected chi connectivity index (χ1v) is 12.0. The summed E-state index contributed by atoms with van der Waals surface area (Å²) in [5.74, 6) is 0.701. The van der Waals surface area contributed by atoms with Gasteiger partial charge in [0.25, 0.3) is 5.91 Å². The lowest BCUT2D eigenvalue weighted by Gasteiger charge is -2.25. The van der Waals surface area contributed by atoms with Crippen LogP contribution in [0.1, 0.15) is 49.5 Å². The average molecular weight is 440 g/mol. The standard InChI is InChI=1S/C25H33N3O2S/c1-5-8-16-30-21-11-9-10-20(18-21)24(29)28(15-14-27(6-2)7-3)25-26-22-13-12-19(4)17-23(22)31-25/h9-13,17-18H,5-8,14-16H2,1-4H3. The number of carbonyl (C=O) groups is 1. The number of unbranched alkanes of at least 4 members (excludes halogenated alkanes) is 1. The lowest BCUT2D eigenvalue weighted by molar-refractivity contribution is 0.0983. The van der Waals surface area contributed by atoms with Crippen molar-refractivity contribution in [2.24, 2.45) is 0 Å². The van der Waals surface area contributed by atoms with E-state index >= 15 is 0 Å². The number of benzene rings is 2. The van der Waals surface area contributed by atoms with E-state index in [-0.39, 0.29) is 5.91 Å². The number of hydrogen-bond donors (Lipinski definition) is 0. The van der Waals surface area contributed by atoms with Crippen LogP contribution in [0.25, 0.3) is 10.2 Å². The minimum Gasteiger partial charge on any atom is -0.494 e. The molecule has 1 aromatic heterocycles. The molecule has 0 aliphatic rings. The molecule has 1 heterocycles. The molecule has 0 radical (unpaired) electrons. The normalized spacial score (nSPS) is 11.3. The highest BCUT2D eigenvalue weighted by atomic mass is 32.1. The molecule has 0 unspecified atom stereocenters. The summed E-state index contributed by atoms with van der Waals surface area (Å²) in [6, 6.07) is 13.7. The summed E-state index contributed by atoms with van der Waals surface area (Å²) in [4.78, 5) is 22.5. The van der Waals surface area contributed by atoms with Crippen LogP contribution in [0.5, 0.6) is 5.75 Å². The number of ether oxygens (including phenoxy) is 1. The van der Waals surface area contributed by atoms with Gasteiger partial charge in [-0.1, -0.05) is 50.7 Å². The quantitative estimate of drug-likeness (QED) is 0.356. The fourth-order valence-corrected chi connectivity index (χ4v) is 4.50. The van der Waals surface area contributed by atoms with Gasteiger partial charge in [-0.3, -0.25) is 9.69 Å². The number of carbonyl (C=O) groups excluding carboxylic acids is 1. The second-order valence-corrected chi connectivity index (χ2v) is 8.69. The van der Waals surface area contributed by atoms with Crippen LogP contribution in [0.2, 0.25) is 0 Å². The van der Waals surface area contributed by atoms with E-state index in [0.717, 1.165) is 53.6 Å². The fourth-order valence-electron chi connectivity index (χ4n) is 3.41. The van der Waals surface area contributed by atoms with Crippen LogP contribution in [0.15, 0.2) is 42.5 Å². The Morgan fingerprint density at radius 3 is 2.61 bits per heavy atom. The summed E-state index contributed by atoms with van der Waals surface area (Å²) in [6.45, 7) is 12.5. The summed E-state index contributed by atoms with van der Waals surface area (Å²) in [5, 5.41) is 0.745. The van der Waals surface area contributed by atoms with Gasteiger partial charge in [-0.05, 0) is 62.3 Å². The molecular formula is C25H33N3O2S. The number of aryl methyl sites for hydroxylation is 1. The highest BCUT2D eigenvalue weighted by Gasteiger charge is 2.22. The molecule has 0 N–H and O–H groups in total. The maximum Gasteiger partial charge on any atom is 0.260 e. The molecule has 2 aromatic carbocycles. The van der Waals surface area contributed by atoms with Gasteiger partial charge in [0.1, 0.15) is 5.75 Å². The second kappa shape index (κ2) is 11.3. The molecular weight excluding hydrogens is 406 g/mol. The van der Waals surface area contributed by atoms with Crippen molar-refractivity contribution in [3.8, 4) is 5.75 Å². The van der Waals surface area contributed by atoms with Crippen LogP contribution in [-0.2, 0) is 0 Å². The Labute approximate surface area is 189 Å². The van der Waals surface area contributed by atoms with Gasteiger partial charge in [-0.2, -0.15) is 0 Å². The Balaban J connectivity index is 1.89. The Kier molecular flexibility index (Phi) is 8.43. The highest BCUT2D eigenvalue weighted by molar-refractivity contribution is 7.22. The molecule has 3 rings (SSSR count). The van der Waals surface area contributed by atoms with Gasteiger partial charge in [0, 0.05) is 18.7 Å². The minimum absolute atomic E-state index is 0.0381. The first kappa shape index (κ1) is 23.2. The van der Waals surface area contributed by atoms with Gasteiger partial charge in [-0.25, -0.2) is 4.98 Å². The van der Waals surface area contributed by atoms with E-state index in [2.05, 4.69) is 44.7 Å². The average Bonchev–Trinajstić information content (AvgIpc) is 3.19. The zero-order valence-corrected chi connectivity index (χ0v) is 19.9. The molecule has 0 saturated heterocycles. The summed E-state index contributed by atoms with van der Waals surface area (Å²) in [5.41, 5.74) is 2.76. The lowest BCUT2D eigenvalue weighted by atomic mass is 10.2. The summed E-state index contributed by atoms with van der Waals surface area (Å²) >= 11 is 1.57. The zero-order valence-electron chi connectivity index (χ0n) is 19.1. The summed E-state index contributed by atoms with van der Waals surface area (Å²) in [6.07, 6.45) is 2.08. The van der Waals surface area contributed by atoms with Gasteiger partial charge < -0.3 is 9.64 Å². The molecule has 0 spiro atoms. The maximum absolute atomic E-state index is 13.6. The first-order valence-electron chi connectivity index (χ1n) is 11.2. The maximum atomic E-state index is 13.6. The molecule has 0 saturated carbocycles. The highest BCUT2D eigenvalue weighted by Crippen LogP contribution is 2.30. The molecule has 0 bridgehead atoms. The molecule has 6 heteroatoms. The van der Waals surface area contributed by atoms with Crippen LogP contribution >= 0.6 is 11.3 Å². The topological polar surface area (TPSA) is 45.7 Å². The Morgan fingerprint density at radius 2 is 1.87 bits per heavy atom. The molecule has 1 amide bonds. The number of anilines is 1. The molecule has 0 aliphatic heterocycles. The van der Waals surface area contributed by atoms with Crippen LogP contribution in [0, 0.1) is 6.92 Å². The van der Waals surface area contributed by atoms with Crippen molar-refractivity contribution in [1.29, 1.82) is 0 Å². The third-order valence-electron chi connectivity index (χ3n) is 5.39. The predicted molar refractivity (Wildman–Crippen MR) is 131 cm³/mol. The van der Waals surface area contributed by atoms with Crippen molar-refractivity contribution in [3.05, 3.63) is 53.6 Å². The molecule has 0 fully saturated rings. The third kappa shape index (κ3) is 6.05. The van der Waals surface area contributed by atoms with Crippen molar-refractivity contribution in [1.82, 2.24) is 9.88 Å². The Bertz CT molecular complexity index is 997. The molecule has 0 atom stereocenters. The summed E-state index contributed by atoms with van der Waals surface area (Å²) < 4.78 is 6.93. The summed E-state index contributed by atoms with van der Waals surface area (Å²) in [7, 11) is 0. The Morgan fingerprint density at radius 1 is 1.06 bits per heavy atom. The van der Waals surface area contributed by atoms with Crippen LogP contribution in [0.3, 0.4) is 0 Å². The van der Waals surface area contributed by atoms with Crippen LogP contribution in [-0.4, -0.2) is 48.6 Å². The second-order valence-electron chi connectivity index (χ2n) is 7.68. The van der Waals surface area contributed by atoms with Crippen molar-refractivity contribution in [2.75, 3.05) is 37.7 Å². The van der Waals surface area contributed by atoms with Crippen molar-refractivity contribution < 1.29 is 9.53 Å². The Hall–Kier alpha value is -2.44. The lowest BCUT2D eigenvalue weighted by Crippen LogP contribution is -2.38. The van der Waals surface area contributed by atoms with Gasteiger partial charge in [0.2, 0.25) is 0 Å². The molecule has 31 heavy (non-hydrogen) atoms. The SMILES string of the molecule is CCCCOc1cccc(C(=O)N(CCN(CC)CC)c2nc3ccc(C)cc3s2)c1. The number of likely N-dealkylation sites (N-methyl/N-ethyl adjacent to an activating group) is 1. The number of thiazole rings is 1. The van der Waals surface area contributed by atoms with E-state index in [1.165, 1.54) is 5.56 Å². The molecule has 3 aromatic rings. The fraction of sp³-hybridized carbons (Fsp3) is 0.440. The first-order chi connectivity index (χ1) is 15.0. The minimum atomic E-state index is -0.0381. The van der Waals surface area contributed by atoms with Gasteiger partial charge in [-0.15, -0.1) is 0 Å². The van der Waals surface area contributed by atoms with E-state index in [0.29, 0.717) is 18.7 Å². The number of aromatic nitrogens is 1. The van der Waals surface area contributed by atoms with E-state index in [1.807, 2.05) is 35.2 Å². The number of rotatable bonds is 11. The van der Waals surface area contributed by atoms with E-state index in [1.54, 1.807) is 11.3 Å². The van der Waals surface area contributed by atoms with Gasteiger partial charge in [0.15, 0.2) is 5.13 Å². The number of nitrogens with zero attached hydrogens (tertiary/aromatic N) is 3. The number of amides is 1. The zero-order chi connectivity index (χ0) is 22.2. The van der Waals surface area contributed by atoms with Gasteiger partial charge >= 0.3 is 0 Å². The van der Waals surface area contributed by atoms with Crippen LogP contribution in [0.4, 0.5) is 5.13 Å². The van der Waals surface area contributed by atoms with E-state index in [4.69, 9.17) is 9.72 Å². The monoisotopic (exact) mass is 439 g/mol. The molecule has 5 nitrogen and oxygen atoms in total.